The van der Waals surface area contributed by atoms with Crippen molar-refractivity contribution in [3.63, 3.8) is 0 Å². The normalized spacial score (nSPS) is 10.8. The molecule has 3 heterocycles. The molecule has 0 atom stereocenters. The van der Waals surface area contributed by atoms with Gasteiger partial charge in [-0.15, -0.1) is 0 Å². The van der Waals surface area contributed by atoms with E-state index in [0.29, 0.717) is 41.6 Å². The minimum atomic E-state index is -0.0251. The van der Waals surface area contributed by atoms with Gasteiger partial charge in [-0.05, 0) is 41.6 Å². The topological polar surface area (TPSA) is 93.8 Å². The first kappa shape index (κ1) is 19.8. The largest absolute Gasteiger partial charge is 0.383 e. The monoisotopic (exact) mass is 417 g/mol. The summed E-state index contributed by atoms with van der Waals surface area (Å²) in [5.41, 5.74) is 8.30. The van der Waals surface area contributed by atoms with Gasteiger partial charge < -0.3 is 11.1 Å². The minimum absolute atomic E-state index is 0.0251. The molecule has 4 aromatic rings. The number of rotatable bonds is 7. The summed E-state index contributed by atoms with van der Waals surface area (Å²) in [4.78, 5) is 25.6. The molecule has 150 valence electrons. The maximum absolute atomic E-state index is 12.9. The zero-order chi connectivity index (χ0) is 20.9. The summed E-state index contributed by atoms with van der Waals surface area (Å²) < 4.78 is 0. The van der Waals surface area contributed by atoms with Crippen molar-refractivity contribution in [3.8, 4) is 0 Å². The molecule has 0 radical (unpaired) electrons. The maximum Gasteiger partial charge on any atom is 0.166 e. The van der Waals surface area contributed by atoms with E-state index in [9.17, 15) is 4.79 Å². The third-order valence-electron chi connectivity index (χ3n) is 4.82. The Morgan fingerprint density at radius 1 is 1.03 bits per heavy atom. The molecule has 4 rings (SSSR count). The molecule has 0 spiro atoms. The number of nitrogen functional groups attached to an aromatic ring is 1. The Balaban J connectivity index is 1.48. The number of hydrogen-bond donors (Lipinski definition) is 2. The number of nitrogens with zero attached hydrogens (tertiary/aromatic N) is 3. The van der Waals surface area contributed by atoms with Crippen LogP contribution in [-0.4, -0.2) is 20.7 Å². The molecule has 1 aromatic carbocycles. The Labute approximate surface area is 179 Å². The van der Waals surface area contributed by atoms with Gasteiger partial charge in [-0.1, -0.05) is 35.9 Å². The number of ketones is 1. The highest BCUT2D eigenvalue weighted by atomic mass is 35.5. The van der Waals surface area contributed by atoms with Gasteiger partial charge >= 0.3 is 0 Å². The molecule has 3 N–H and O–H groups in total. The third kappa shape index (κ3) is 4.55. The second-order valence-electron chi connectivity index (χ2n) is 6.90. The number of pyridine rings is 3. The van der Waals surface area contributed by atoms with Crippen molar-refractivity contribution in [1.29, 1.82) is 0 Å². The summed E-state index contributed by atoms with van der Waals surface area (Å²) in [5, 5.41) is 5.54. The van der Waals surface area contributed by atoms with Crippen molar-refractivity contribution >= 4 is 39.8 Å². The van der Waals surface area contributed by atoms with Crippen molar-refractivity contribution in [2.24, 2.45) is 0 Å². The molecule has 6 nitrogen and oxygen atoms in total. The van der Waals surface area contributed by atoms with E-state index < -0.39 is 0 Å². The number of Topliss-reactive ketones (excluding diaryl/α,β-unsaturated/α-hetero) is 1. The van der Waals surface area contributed by atoms with Crippen molar-refractivity contribution in [1.82, 2.24) is 15.0 Å². The molecular formula is C23H20ClN5O. The fourth-order valence-electron chi connectivity index (χ4n) is 3.27. The van der Waals surface area contributed by atoms with Crippen molar-refractivity contribution in [3.05, 3.63) is 89.0 Å². The van der Waals surface area contributed by atoms with E-state index in [1.807, 2.05) is 42.5 Å². The number of aryl methyl sites for hydroxylation is 1. The summed E-state index contributed by atoms with van der Waals surface area (Å²) >= 11 is 6.10. The fraction of sp³-hybridized carbons (Fsp3) is 0.130. The summed E-state index contributed by atoms with van der Waals surface area (Å²) in [6.07, 6.45) is 5.88. The highest BCUT2D eigenvalue weighted by Crippen LogP contribution is 2.23. The highest BCUT2D eigenvalue weighted by Gasteiger charge is 2.14. The van der Waals surface area contributed by atoms with Gasteiger partial charge in [0.1, 0.15) is 11.6 Å². The lowest BCUT2D eigenvalue weighted by Crippen LogP contribution is -2.10. The first-order valence-corrected chi connectivity index (χ1v) is 9.93. The molecule has 0 fully saturated rings. The van der Waals surface area contributed by atoms with E-state index in [2.05, 4.69) is 20.3 Å². The van der Waals surface area contributed by atoms with Crippen LogP contribution in [0.2, 0.25) is 5.02 Å². The molecule has 30 heavy (non-hydrogen) atoms. The summed E-state index contributed by atoms with van der Waals surface area (Å²) in [6.45, 7) is 0.468. The van der Waals surface area contributed by atoms with Crippen LogP contribution < -0.4 is 11.1 Å². The van der Waals surface area contributed by atoms with Crippen LogP contribution in [0.3, 0.4) is 0 Å². The van der Waals surface area contributed by atoms with Gasteiger partial charge in [0.2, 0.25) is 0 Å². The second kappa shape index (κ2) is 8.88. The molecule has 0 aliphatic rings. The molecule has 7 heteroatoms. The number of hydrogen-bond acceptors (Lipinski definition) is 6. The van der Waals surface area contributed by atoms with Gasteiger partial charge in [0.25, 0.3) is 0 Å². The Kier molecular flexibility index (Phi) is 5.86. The molecule has 0 aliphatic carbocycles. The molecule has 3 aromatic heterocycles. The Hall–Kier alpha value is -3.51. The van der Waals surface area contributed by atoms with E-state index in [-0.39, 0.29) is 5.78 Å². The molecular weight excluding hydrogens is 398 g/mol. The van der Waals surface area contributed by atoms with E-state index >= 15 is 0 Å². The zero-order valence-corrected chi connectivity index (χ0v) is 16.9. The second-order valence-corrected chi connectivity index (χ2v) is 7.34. The highest BCUT2D eigenvalue weighted by molar-refractivity contribution is 6.31. The molecule has 0 amide bonds. The number of aromatic nitrogens is 3. The molecule has 0 aliphatic heterocycles. The summed E-state index contributed by atoms with van der Waals surface area (Å²) in [7, 11) is 0. The lowest BCUT2D eigenvalue weighted by molar-refractivity contribution is 0.0983. The first-order chi connectivity index (χ1) is 14.6. The number of carbonyl (C=O) groups is 1. The summed E-state index contributed by atoms with van der Waals surface area (Å²) in [5.74, 6) is 0.985. The molecule has 0 saturated carbocycles. The number of carbonyl (C=O) groups excluding carboxylic acids is 1. The number of anilines is 2. The van der Waals surface area contributed by atoms with Gasteiger partial charge in [0, 0.05) is 30.4 Å². The summed E-state index contributed by atoms with van der Waals surface area (Å²) in [6, 6.07) is 15.2. The number of fused-ring (bicyclic) bond motifs is 1. The minimum Gasteiger partial charge on any atom is -0.383 e. The lowest BCUT2D eigenvalue weighted by Gasteiger charge is -2.11. The molecule has 0 unspecified atom stereocenters. The Morgan fingerprint density at radius 2 is 1.93 bits per heavy atom. The van der Waals surface area contributed by atoms with Crippen LogP contribution in [0.15, 0.2) is 67.1 Å². The van der Waals surface area contributed by atoms with E-state index in [4.69, 9.17) is 17.3 Å². The number of nitrogens with two attached hydrogens (primary N) is 1. The smallest absolute Gasteiger partial charge is 0.166 e. The predicted octanol–water partition coefficient (Wildman–Crippen LogP) is 4.69. The van der Waals surface area contributed by atoms with Crippen LogP contribution in [0, 0.1) is 0 Å². The van der Waals surface area contributed by atoms with Gasteiger partial charge in [-0.2, -0.15) is 0 Å². The molecule has 0 bridgehead atoms. The van der Waals surface area contributed by atoms with Crippen LogP contribution in [0.5, 0.6) is 0 Å². The average molecular weight is 418 g/mol. The van der Waals surface area contributed by atoms with Crippen molar-refractivity contribution in [2.45, 2.75) is 19.4 Å². The van der Waals surface area contributed by atoms with Crippen LogP contribution in [0.1, 0.15) is 28.0 Å². The standard InChI is InChI=1S/C23H20ClN5O/c24-17-12-20(23(28-13-17)29-14-18-3-1-2-9-26-18)21(30)7-5-15-4-6-19-16(11-15)8-10-27-22(19)25/h1-4,6,8-13H,5,7,14H2,(H2,25,27)(H,28,29). The van der Waals surface area contributed by atoms with Crippen LogP contribution >= 0.6 is 11.6 Å². The van der Waals surface area contributed by atoms with Crippen LogP contribution in [-0.2, 0) is 13.0 Å². The first-order valence-electron chi connectivity index (χ1n) is 9.56. The molecule has 0 saturated heterocycles. The van der Waals surface area contributed by atoms with E-state index in [1.165, 1.54) is 6.20 Å². The third-order valence-corrected chi connectivity index (χ3v) is 5.02. The lowest BCUT2D eigenvalue weighted by atomic mass is 10.0. The van der Waals surface area contributed by atoms with Gasteiger partial charge in [-0.3, -0.25) is 9.78 Å². The maximum atomic E-state index is 12.9. The van der Waals surface area contributed by atoms with Gasteiger partial charge in [0.05, 0.1) is 22.8 Å². The van der Waals surface area contributed by atoms with Crippen molar-refractivity contribution in [2.75, 3.05) is 11.1 Å². The Bertz CT molecular complexity index is 1200. The van der Waals surface area contributed by atoms with Gasteiger partial charge in [-0.25, -0.2) is 9.97 Å². The number of nitrogens with one attached hydrogen (secondary N) is 1. The number of benzene rings is 1. The van der Waals surface area contributed by atoms with E-state index in [0.717, 1.165) is 22.0 Å². The zero-order valence-electron chi connectivity index (χ0n) is 16.2. The van der Waals surface area contributed by atoms with Gasteiger partial charge in [0.15, 0.2) is 5.78 Å². The average Bonchev–Trinajstić information content (AvgIpc) is 2.77. The fourth-order valence-corrected chi connectivity index (χ4v) is 3.43. The predicted molar refractivity (Wildman–Crippen MR) is 120 cm³/mol. The number of halogens is 1. The SMILES string of the molecule is Nc1nccc2cc(CCC(=O)c3cc(Cl)cnc3NCc3ccccn3)ccc12. The van der Waals surface area contributed by atoms with Crippen LogP contribution in [0.25, 0.3) is 10.8 Å². The van der Waals surface area contributed by atoms with E-state index in [1.54, 1.807) is 18.5 Å². The quantitative estimate of drug-likeness (QED) is 0.424. The van der Waals surface area contributed by atoms with Crippen molar-refractivity contribution < 1.29 is 4.79 Å². The Morgan fingerprint density at radius 3 is 2.77 bits per heavy atom. The van der Waals surface area contributed by atoms with Crippen LogP contribution in [0.4, 0.5) is 11.6 Å².